The van der Waals surface area contributed by atoms with Crippen LogP contribution in [-0.2, 0) is 16.1 Å². The normalized spacial score (nSPS) is 12.7. The Bertz CT molecular complexity index is 1250. The zero-order valence-corrected chi connectivity index (χ0v) is 18.8. The number of pyridine rings is 1. The van der Waals surface area contributed by atoms with Gasteiger partial charge in [-0.3, -0.25) is 19.1 Å². The zero-order valence-electron chi connectivity index (χ0n) is 18.1. The van der Waals surface area contributed by atoms with Gasteiger partial charge in [0.2, 0.25) is 11.8 Å². The number of amides is 3. The highest BCUT2D eigenvalue weighted by molar-refractivity contribution is 7.24. The molecule has 34 heavy (non-hydrogen) atoms. The summed E-state index contributed by atoms with van der Waals surface area (Å²) in [6, 6.07) is 10.0. The Hall–Kier alpha value is -3.47. The van der Waals surface area contributed by atoms with E-state index >= 15 is 0 Å². The number of nitrogens with two attached hydrogens (primary N) is 1. The van der Waals surface area contributed by atoms with Crippen LogP contribution in [0.25, 0.3) is 10.9 Å². The molecule has 4 rings (SSSR count). The van der Waals surface area contributed by atoms with Gasteiger partial charge in [-0.1, -0.05) is 29.8 Å². The molecule has 14 heteroatoms. The highest BCUT2D eigenvalue weighted by Gasteiger charge is 2.34. The second-order valence-corrected chi connectivity index (χ2v) is 8.11. The van der Waals surface area contributed by atoms with Gasteiger partial charge >= 0.3 is 0 Å². The van der Waals surface area contributed by atoms with Crippen molar-refractivity contribution in [2.75, 3.05) is 17.1 Å². The Morgan fingerprint density at radius 3 is 2.68 bits per heavy atom. The van der Waals surface area contributed by atoms with Crippen molar-refractivity contribution < 1.29 is 14.4 Å². The van der Waals surface area contributed by atoms with Crippen molar-refractivity contribution in [3.63, 3.8) is 0 Å². The lowest BCUT2D eigenvalue weighted by Crippen LogP contribution is -2.41. The van der Waals surface area contributed by atoms with Crippen molar-refractivity contribution in [3.05, 3.63) is 47.2 Å². The Morgan fingerprint density at radius 2 is 2.00 bits per heavy atom. The summed E-state index contributed by atoms with van der Waals surface area (Å²) < 4.78 is 1.41. The second-order valence-electron chi connectivity index (χ2n) is 7.72. The van der Waals surface area contributed by atoms with E-state index in [1.165, 1.54) is 23.9 Å². The number of primary amides is 1. The first-order valence-electron chi connectivity index (χ1n) is 10.5. The predicted molar refractivity (Wildman–Crippen MR) is 132 cm³/mol. The van der Waals surface area contributed by atoms with E-state index in [-0.39, 0.29) is 35.9 Å². The van der Waals surface area contributed by atoms with Crippen LogP contribution in [0.4, 0.5) is 11.5 Å². The number of nitrogens with one attached hydrogen (secondary N) is 2. The van der Waals surface area contributed by atoms with Gasteiger partial charge in [-0.15, -0.1) is 0 Å². The monoisotopic (exact) mass is 473 g/mol. The lowest BCUT2D eigenvalue weighted by atomic mass is 9.33. The largest absolute Gasteiger partial charge is 0.439 e. The Morgan fingerprint density at radius 1 is 1.24 bits per heavy atom. The topological polar surface area (TPSA) is 135 Å². The molecule has 0 aliphatic heterocycles. The molecule has 1 aromatic carbocycles. The molecule has 4 N–H and O–H groups in total. The maximum Gasteiger partial charge on any atom is 0.269 e. The Kier molecular flexibility index (Phi) is 7.11. The fourth-order valence-electron chi connectivity index (χ4n) is 3.63. The summed E-state index contributed by atoms with van der Waals surface area (Å²) in [7, 11) is 8.27. The molecule has 0 atom stereocenters. The van der Waals surface area contributed by atoms with Crippen LogP contribution < -0.4 is 16.3 Å². The van der Waals surface area contributed by atoms with E-state index in [4.69, 9.17) is 25.1 Å². The highest BCUT2D eigenvalue weighted by atomic mass is 35.5. The van der Waals surface area contributed by atoms with Crippen LogP contribution in [0, 0.1) is 0 Å². The number of halogens is 1. The third-order valence-corrected chi connectivity index (χ3v) is 5.44. The van der Waals surface area contributed by atoms with Gasteiger partial charge in [0.25, 0.3) is 5.91 Å². The van der Waals surface area contributed by atoms with Crippen molar-refractivity contribution in [1.82, 2.24) is 19.7 Å². The van der Waals surface area contributed by atoms with E-state index < -0.39 is 11.8 Å². The average molecular weight is 473 g/mol. The fraction of sp³-hybridized carbons (Fsp3) is 0.250. The van der Waals surface area contributed by atoms with Crippen LogP contribution in [0.15, 0.2) is 36.4 Å². The van der Waals surface area contributed by atoms with Crippen LogP contribution >= 0.6 is 11.6 Å². The van der Waals surface area contributed by atoms with Crippen LogP contribution in [0.2, 0.25) is 5.15 Å². The van der Waals surface area contributed by atoms with E-state index in [1.54, 1.807) is 36.4 Å². The summed E-state index contributed by atoms with van der Waals surface area (Å²) in [5, 5.41) is 10.7. The molecule has 0 bridgehead atoms. The molecule has 1 fully saturated rings. The van der Waals surface area contributed by atoms with Gasteiger partial charge < -0.3 is 21.2 Å². The Balaban J connectivity index is 1.56. The molecule has 1 aliphatic rings. The number of benzene rings is 1. The number of para-hydroxylation sites is 1. The number of hydrogen-bond acceptors (Lipinski definition) is 6. The maximum atomic E-state index is 13.3. The van der Waals surface area contributed by atoms with Crippen molar-refractivity contribution >= 4 is 73.8 Å². The van der Waals surface area contributed by atoms with E-state index in [0.29, 0.717) is 22.4 Å². The van der Waals surface area contributed by atoms with E-state index in [1.807, 2.05) is 0 Å². The molecule has 4 radical (unpaired) electrons. The minimum atomic E-state index is -0.713. The summed E-state index contributed by atoms with van der Waals surface area (Å²) in [6.45, 7) is -0.339. The molecule has 2 heterocycles. The molecule has 1 aliphatic carbocycles. The molecule has 2 aromatic heterocycles. The van der Waals surface area contributed by atoms with E-state index in [0.717, 1.165) is 12.8 Å². The lowest BCUT2D eigenvalue weighted by molar-refractivity contribution is -0.135. The maximum absolute atomic E-state index is 13.3. The van der Waals surface area contributed by atoms with Gasteiger partial charge in [-0.05, 0) is 31.0 Å². The third kappa shape index (κ3) is 5.36. The molecule has 3 amide bonds. The highest BCUT2D eigenvalue weighted by Crippen LogP contribution is 2.29. The van der Waals surface area contributed by atoms with Crippen molar-refractivity contribution in [2.45, 2.75) is 25.4 Å². The number of aromatic nitrogens is 3. The predicted octanol–water partition coefficient (Wildman–Crippen LogP) is 0.547. The number of nitrogens with zero attached hydrogens (tertiary/aromatic N) is 4. The van der Waals surface area contributed by atoms with Crippen molar-refractivity contribution in [2.24, 2.45) is 5.73 Å². The number of rotatable bonds is 10. The van der Waals surface area contributed by atoms with Crippen LogP contribution in [0.3, 0.4) is 0 Å². The molecular formula is C20H19B3ClN7O3. The first-order chi connectivity index (χ1) is 16.4. The molecule has 0 spiro atoms. The number of fused-ring (bicyclic) bond motifs is 1. The molecule has 168 valence electrons. The standard InChI is InChI=1S/C20H19B3ClN7O3/c21-22-23-28-13-4-1-3-12-18(20(25)34)29-31(19(12)13)10-17(33)30(11-7-8-11)9-16(32)27-15-6-2-5-14(24)26-15/h1-6,11,28H,7-10H2,(H2,25,34)(H,26,27,32). The Labute approximate surface area is 203 Å². The minimum absolute atomic E-state index is 0.0409. The van der Waals surface area contributed by atoms with Gasteiger partial charge in [0.1, 0.15) is 24.1 Å². The van der Waals surface area contributed by atoms with Gasteiger partial charge in [0.05, 0.1) is 5.52 Å². The number of carbonyl (C=O) groups excluding carboxylic acids is 3. The molecule has 0 saturated heterocycles. The van der Waals surface area contributed by atoms with Crippen LogP contribution in [0.1, 0.15) is 23.3 Å². The number of carbonyl (C=O) groups is 3. The first-order valence-corrected chi connectivity index (χ1v) is 10.9. The van der Waals surface area contributed by atoms with Crippen molar-refractivity contribution in [3.8, 4) is 0 Å². The molecular weight excluding hydrogens is 454 g/mol. The smallest absolute Gasteiger partial charge is 0.269 e. The first kappa shape index (κ1) is 23.7. The summed E-state index contributed by atoms with van der Waals surface area (Å²) in [6.07, 6.45) is 1.60. The number of anilines is 2. The SMILES string of the molecule is [B][B][B]Nc1cccc2c(C(N)=O)nn(CC(=O)N(CC(=O)Nc3cccc(Cl)n3)C3CC3)c12. The van der Waals surface area contributed by atoms with Gasteiger partial charge in [0, 0.05) is 31.9 Å². The molecule has 10 nitrogen and oxygen atoms in total. The van der Waals surface area contributed by atoms with E-state index in [9.17, 15) is 14.4 Å². The van der Waals surface area contributed by atoms with Crippen molar-refractivity contribution in [1.29, 1.82) is 0 Å². The van der Waals surface area contributed by atoms with Crippen LogP contribution in [-0.4, -0.2) is 72.1 Å². The lowest BCUT2D eigenvalue weighted by Gasteiger charge is -2.22. The quantitative estimate of drug-likeness (QED) is 0.291. The van der Waals surface area contributed by atoms with Gasteiger partial charge in [-0.2, -0.15) is 5.10 Å². The second kappa shape index (κ2) is 10.2. The molecule has 0 unspecified atom stereocenters. The summed E-state index contributed by atoms with van der Waals surface area (Å²) in [5.41, 5.74) is 6.67. The van der Waals surface area contributed by atoms with E-state index in [2.05, 4.69) is 20.6 Å². The fourth-order valence-corrected chi connectivity index (χ4v) is 3.79. The summed E-state index contributed by atoms with van der Waals surface area (Å²) in [4.78, 5) is 43.4. The average Bonchev–Trinajstić information content (AvgIpc) is 3.57. The van der Waals surface area contributed by atoms with Gasteiger partial charge in [0.15, 0.2) is 13.0 Å². The zero-order chi connectivity index (χ0) is 24.2. The summed E-state index contributed by atoms with van der Waals surface area (Å²) in [5.74, 6) is -1.13. The molecule has 1 saturated carbocycles. The van der Waals surface area contributed by atoms with Gasteiger partial charge in [-0.25, -0.2) is 4.98 Å². The minimum Gasteiger partial charge on any atom is -0.439 e. The van der Waals surface area contributed by atoms with Crippen LogP contribution in [0.5, 0.6) is 0 Å². The molecule has 3 aromatic rings. The number of hydrogen-bond donors (Lipinski definition) is 3. The third-order valence-electron chi connectivity index (χ3n) is 5.23. The summed E-state index contributed by atoms with van der Waals surface area (Å²) >= 11 is 5.87.